The summed E-state index contributed by atoms with van der Waals surface area (Å²) < 4.78 is 0. The molecule has 0 aliphatic rings. The van der Waals surface area contributed by atoms with Crippen LogP contribution in [-0.4, -0.2) is 23.0 Å². The summed E-state index contributed by atoms with van der Waals surface area (Å²) in [5.41, 5.74) is 5.30. The average molecular weight is 393 g/mol. The van der Waals surface area contributed by atoms with E-state index in [-0.39, 0.29) is 11.5 Å². The quantitative estimate of drug-likeness (QED) is 0.507. The Kier molecular flexibility index (Phi) is 6.14. The fourth-order valence-electron chi connectivity index (χ4n) is 2.48. The minimum Gasteiger partial charge on any atom is -0.321 e. The number of rotatable bonds is 5. The molecule has 3 rings (SSSR count). The van der Waals surface area contributed by atoms with Crippen LogP contribution in [0.2, 0.25) is 5.02 Å². The molecule has 2 amide bonds. The number of halogens is 1. The third kappa shape index (κ3) is 5.02. The molecule has 0 aliphatic heterocycles. The van der Waals surface area contributed by atoms with Crippen LogP contribution >= 0.6 is 11.6 Å². The van der Waals surface area contributed by atoms with E-state index in [0.717, 1.165) is 11.1 Å². The largest absolute Gasteiger partial charge is 0.321 e. The predicted molar refractivity (Wildman–Crippen MR) is 110 cm³/mol. The minimum absolute atomic E-state index is 0.200. The number of amides is 2. The molecule has 2 N–H and O–H groups in total. The summed E-state index contributed by atoms with van der Waals surface area (Å²) in [5, 5.41) is 7.04. The van der Waals surface area contributed by atoms with Crippen molar-refractivity contribution in [2.45, 2.75) is 6.92 Å². The maximum absolute atomic E-state index is 12.5. The summed E-state index contributed by atoms with van der Waals surface area (Å²) in [5.74, 6) is -0.874. The second kappa shape index (κ2) is 8.92. The molecule has 3 aromatic rings. The number of benzene rings is 2. The van der Waals surface area contributed by atoms with Crippen LogP contribution in [0.4, 0.5) is 5.69 Å². The van der Waals surface area contributed by atoms with Gasteiger partial charge in [0.1, 0.15) is 0 Å². The molecule has 0 fully saturated rings. The van der Waals surface area contributed by atoms with Gasteiger partial charge in [-0.3, -0.25) is 14.6 Å². The minimum atomic E-state index is -0.493. The first-order valence-electron chi connectivity index (χ1n) is 8.44. The molecule has 0 unspecified atom stereocenters. The third-order valence-electron chi connectivity index (χ3n) is 3.82. The van der Waals surface area contributed by atoms with Gasteiger partial charge in [-0.05, 0) is 42.8 Å². The molecular weight excluding hydrogens is 376 g/mol. The molecule has 0 radical (unpaired) electrons. The van der Waals surface area contributed by atoms with Crippen LogP contribution in [0.3, 0.4) is 0 Å². The van der Waals surface area contributed by atoms with Crippen molar-refractivity contribution >= 4 is 35.3 Å². The van der Waals surface area contributed by atoms with Crippen LogP contribution in [-0.2, 0) is 0 Å². The van der Waals surface area contributed by atoms with Gasteiger partial charge in [0.05, 0.1) is 23.0 Å². The molecule has 0 bridgehead atoms. The molecule has 2 aromatic carbocycles. The first kappa shape index (κ1) is 19.3. The standard InChI is InChI=1S/C21H17ClN4O2/c1-14-4-2-5-15(10-14)12-24-26-21(28)18-11-17(22)7-8-19(18)25-20(27)16-6-3-9-23-13-16/h2-13H,1H3,(H,25,27)(H,26,28). The van der Waals surface area contributed by atoms with E-state index in [1.54, 1.807) is 36.7 Å². The van der Waals surface area contributed by atoms with E-state index in [4.69, 9.17) is 11.6 Å². The van der Waals surface area contributed by atoms with Crippen molar-refractivity contribution in [3.63, 3.8) is 0 Å². The van der Waals surface area contributed by atoms with Gasteiger partial charge in [-0.1, -0.05) is 41.4 Å². The van der Waals surface area contributed by atoms with Gasteiger partial charge in [-0.25, -0.2) is 5.43 Å². The maximum atomic E-state index is 12.5. The monoisotopic (exact) mass is 392 g/mol. The van der Waals surface area contributed by atoms with Crippen LogP contribution < -0.4 is 10.7 Å². The second-order valence-corrected chi connectivity index (χ2v) is 6.44. The highest BCUT2D eigenvalue weighted by molar-refractivity contribution is 6.31. The lowest BCUT2D eigenvalue weighted by Crippen LogP contribution is -2.21. The molecule has 1 aromatic heterocycles. The van der Waals surface area contributed by atoms with E-state index < -0.39 is 5.91 Å². The van der Waals surface area contributed by atoms with E-state index in [0.29, 0.717) is 16.3 Å². The van der Waals surface area contributed by atoms with Crippen molar-refractivity contribution in [3.05, 3.63) is 94.3 Å². The van der Waals surface area contributed by atoms with E-state index in [2.05, 4.69) is 20.8 Å². The molecule has 7 heteroatoms. The van der Waals surface area contributed by atoms with Crippen molar-refractivity contribution in [2.75, 3.05) is 5.32 Å². The summed E-state index contributed by atoms with van der Waals surface area (Å²) in [4.78, 5) is 28.8. The van der Waals surface area contributed by atoms with Gasteiger partial charge in [0.15, 0.2) is 0 Å². The Bertz CT molecular complexity index is 1040. The number of nitrogens with one attached hydrogen (secondary N) is 2. The van der Waals surface area contributed by atoms with Crippen LogP contribution in [0.1, 0.15) is 31.8 Å². The molecule has 1 heterocycles. The topological polar surface area (TPSA) is 83.5 Å². The molecule has 0 spiro atoms. The lowest BCUT2D eigenvalue weighted by molar-refractivity contribution is 0.0956. The number of nitrogens with zero attached hydrogens (tertiary/aromatic N) is 2. The number of aryl methyl sites for hydroxylation is 1. The Hall–Kier alpha value is -3.51. The van der Waals surface area contributed by atoms with Gasteiger partial charge in [0, 0.05) is 17.4 Å². The normalized spacial score (nSPS) is 10.6. The first-order valence-corrected chi connectivity index (χ1v) is 8.82. The summed E-state index contributed by atoms with van der Waals surface area (Å²) in [6.07, 6.45) is 4.56. The SMILES string of the molecule is Cc1cccc(C=NNC(=O)c2cc(Cl)ccc2NC(=O)c2cccnc2)c1. The van der Waals surface area contributed by atoms with Gasteiger partial charge >= 0.3 is 0 Å². The number of pyridine rings is 1. The number of carbonyl (C=O) groups excluding carboxylic acids is 2. The van der Waals surface area contributed by atoms with E-state index >= 15 is 0 Å². The van der Waals surface area contributed by atoms with E-state index in [1.165, 1.54) is 12.3 Å². The van der Waals surface area contributed by atoms with Crippen molar-refractivity contribution < 1.29 is 9.59 Å². The molecule has 0 atom stereocenters. The Balaban J connectivity index is 1.76. The number of hydrogen-bond donors (Lipinski definition) is 2. The zero-order valence-corrected chi connectivity index (χ0v) is 15.8. The highest BCUT2D eigenvalue weighted by Gasteiger charge is 2.15. The maximum Gasteiger partial charge on any atom is 0.273 e. The molecule has 140 valence electrons. The Morgan fingerprint density at radius 1 is 1.07 bits per heavy atom. The van der Waals surface area contributed by atoms with Crippen molar-refractivity contribution in [1.82, 2.24) is 10.4 Å². The predicted octanol–water partition coefficient (Wildman–Crippen LogP) is 4.06. The Labute approximate surface area is 167 Å². The van der Waals surface area contributed by atoms with Crippen LogP contribution in [0.15, 0.2) is 72.1 Å². The van der Waals surface area contributed by atoms with Crippen LogP contribution in [0.5, 0.6) is 0 Å². The highest BCUT2D eigenvalue weighted by atomic mass is 35.5. The first-order chi connectivity index (χ1) is 13.5. The zero-order valence-electron chi connectivity index (χ0n) is 15.0. The van der Waals surface area contributed by atoms with Crippen molar-refractivity contribution in [1.29, 1.82) is 0 Å². The fraction of sp³-hybridized carbons (Fsp3) is 0.0476. The summed E-state index contributed by atoms with van der Waals surface area (Å²) >= 11 is 6.02. The Morgan fingerprint density at radius 2 is 1.93 bits per heavy atom. The van der Waals surface area contributed by atoms with Crippen molar-refractivity contribution in [2.24, 2.45) is 5.10 Å². The number of hydrogen-bond acceptors (Lipinski definition) is 4. The van der Waals surface area contributed by atoms with Crippen LogP contribution in [0, 0.1) is 6.92 Å². The smallest absolute Gasteiger partial charge is 0.273 e. The molecule has 0 aliphatic carbocycles. The second-order valence-electron chi connectivity index (χ2n) is 6.00. The molecule has 0 saturated carbocycles. The highest BCUT2D eigenvalue weighted by Crippen LogP contribution is 2.21. The number of carbonyl (C=O) groups is 2. The molecule has 28 heavy (non-hydrogen) atoms. The van der Waals surface area contributed by atoms with Gasteiger partial charge in [0.25, 0.3) is 11.8 Å². The van der Waals surface area contributed by atoms with E-state index in [1.807, 2.05) is 31.2 Å². The Morgan fingerprint density at radius 3 is 2.68 bits per heavy atom. The lowest BCUT2D eigenvalue weighted by atomic mass is 10.1. The number of hydrazone groups is 1. The third-order valence-corrected chi connectivity index (χ3v) is 4.06. The molecule has 0 saturated heterocycles. The van der Waals surface area contributed by atoms with E-state index in [9.17, 15) is 9.59 Å². The molecular formula is C21H17ClN4O2. The summed E-state index contributed by atoms with van der Waals surface area (Å²) in [6.45, 7) is 1.97. The zero-order chi connectivity index (χ0) is 19.9. The number of anilines is 1. The van der Waals surface area contributed by atoms with Gasteiger partial charge in [0.2, 0.25) is 0 Å². The number of aromatic nitrogens is 1. The van der Waals surface area contributed by atoms with Gasteiger partial charge < -0.3 is 5.32 Å². The summed E-state index contributed by atoms with van der Waals surface area (Å²) in [6, 6.07) is 15.6. The average Bonchev–Trinajstić information content (AvgIpc) is 2.70. The van der Waals surface area contributed by atoms with Gasteiger partial charge in [-0.2, -0.15) is 5.10 Å². The summed E-state index contributed by atoms with van der Waals surface area (Å²) in [7, 11) is 0. The van der Waals surface area contributed by atoms with Gasteiger partial charge in [-0.15, -0.1) is 0 Å². The van der Waals surface area contributed by atoms with Crippen LogP contribution in [0.25, 0.3) is 0 Å². The fourth-order valence-corrected chi connectivity index (χ4v) is 2.65. The molecule has 6 nitrogen and oxygen atoms in total. The lowest BCUT2D eigenvalue weighted by Gasteiger charge is -2.10. The van der Waals surface area contributed by atoms with Crippen molar-refractivity contribution in [3.8, 4) is 0 Å².